The van der Waals surface area contributed by atoms with E-state index in [1.54, 1.807) is 19.2 Å². The van der Waals surface area contributed by atoms with Crippen molar-refractivity contribution in [2.75, 3.05) is 26.9 Å². The van der Waals surface area contributed by atoms with Gasteiger partial charge in [0.2, 0.25) is 0 Å². The van der Waals surface area contributed by atoms with Crippen LogP contribution in [0.2, 0.25) is 0 Å². The van der Waals surface area contributed by atoms with E-state index in [2.05, 4.69) is 4.98 Å². The van der Waals surface area contributed by atoms with E-state index >= 15 is 0 Å². The van der Waals surface area contributed by atoms with Crippen LogP contribution >= 0.6 is 0 Å². The zero-order chi connectivity index (χ0) is 14.1. The molecule has 1 aromatic heterocycles. The Kier molecular flexibility index (Phi) is 7.02. The Morgan fingerprint density at radius 2 is 2.16 bits per heavy atom. The van der Waals surface area contributed by atoms with Gasteiger partial charge < -0.3 is 19.3 Å². The van der Waals surface area contributed by atoms with Gasteiger partial charge in [0.15, 0.2) is 6.29 Å². The zero-order valence-electron chi connectivity index (χ0n) is 11.1. The Hall–Kier alpha value is -1.50. The van der Waals surface area contributed by atoms with E-state index in [0.717, 1.165) is 0 Å². The lowest BCUT2D eigenvalue weighted by Gasteiger charge is -2.16. The SMILES string of the molecule is COCC(C)OCC(O)COc1ccc(C=O)nc1. The van der Waals surface area contributed by atoms with Gasteiger partial charge in [-0.15, -0.1) is 0 Å². The van der Waals surface area contributed by atoms with Gasteiger partial charge in [0.05, 0.1) is 25.5 Å². The van der Waals surface area contributed by atoms with Gasteiger partial charge in [-0.1, -0.05) is 0 Å². The first-order valence-corrected chi connectivity index (χ1v) is 5.98. The van der Waals surface area contributed by atoms with Crippen LogP contribution in [0.1, 0.15) is 17.4 Å². The van der Waals surface area contributed by atoms with Crippen molar-refractivity contribution in [3.05, 3.63) is 24.0 Å². The third kappa shape index (κ3) is 6.28. The van der Waals surface area contributed by atoms with Crippen LogP contribution in [-0.4, -0.2) is 55.5 Å². The molecule has 0 aromatic carbocycles. The fourth-order valence-corrected chi connectivity index (χ4v) is 1.35. The topological polar surface area (TPSA) is 77.9 Å². The molecule has 1 aromatic rings. The first-order chi connectivity index (χ1) is 9.15. The average molecular weight is 269 g/mol. The van der Waals surface area contributed by atoms with Crippen LogP contribution in [-0.2, 0) is 9.47 Å². The molecule has 0 saturated heterocycles. The molecule has 19 heavy (non-hydrogen) atoms. The van der Waals surface area contributed by atoms with Gasteiger partial charge in [0, 0.05) is 7.11 Å². The predicted molar refractivity (Wildman–Crippen MR) is 68.4 cm³/mol. The molecule has 2 atom stereocenters. The fourth-order valence-electron chi connectivity index (χ4n) is 1.35. The van der Waals surface area contributed by atoms with E-state index < -0.39 is 6.10 Å². The minimum absolute atomic E-state index is 0.0757. The lowest BCUT2D eigenvalue weighted by atomic mass is 10.3. The molecule has 0 saturated carbocycles. The van der Waals surface area contributed by atoms with Crippen molar-refractivity contribution in [2.45, 2.75) is 19.1 Å². The summed E-state index contributed by atoms with van der Waals surface area (Å²) in [5, 5.41) is 9.66. The third-order valence-electron chi connectivity index (χ3n) is 2.30. The Morgan fingerprint density at radius 3 is 2.74 bits per heavy atom. The number of hydrogen-bond donors (Lipinski definition) is 1. The Labute approximate surface area is 112 Å². The molecule has 6 heteroatoms. The molecule has 106 valence electrons. The summed E-state index contributed by atoms with van der Waals surface area (Å²) in [6.45, 7) is 2.61. The highest BCUT2D eigenvalue weighted by molar-refractivity contribution is 5.71. The highest BCUT2D eigenvalue weighted by atomic mass is 16.5. The smallest absolute Gasteiger partial charge is 0.168 e. The van der Waals surface area contributed by atoms with Gasteiger partial charge >= 0.3 is 0 Å². The molecule has 1 heterocycles. The molecule has 1 rings (SSSR count). The molecule has 0 aliphatic rings. The van der Waals surface area contributed by atoms with Crippen LogP contribution in [0.5, 0.6) is 5.75 Å². The van der Waals surface area contributed by atoms with Crippen LogP contribution in [0.25, 0.3) is 0 Å². The van der Waals surface area contributed by atoms with Crippen molar-refractivity contribution in [1.29, 1.82) is 0 Å². The lowest BCUT2D eigenvalue weighted by Crippen LogP contribution is -2.27. The number of pyridine rings is 1. The van der Waals surface area contributed by atoms with Gasteiger partial charge in [-0.05, 0) is 19.1 Å². The first-order valence-electron chi connectivity index (χ1n) is 5.98. The van der Waals surface area contributed by atoms with Gasteiger partial charge in [0.1, 0.15) is 24.2 Å². The number of ether oxygens (including phenoxy) is 3. The standard InChI is InChI=1S/C13H19NO5/c1-10(7-17-2)18-8-12(16)9-19-13-4-3-11(6-15)14-5-13/h3-6,10,12,16H,7-9H2,1-2H3. The average Bonchev–Trinajstić information content (AvgIpc) is 2.44. The number of rotatable bonds is 9. The number of aromatic nitrogens is 1. The minimum atomic E-state index is -0.731. The van der Waals surface area contributed by atoms with Crippen molar-refractivity contribution < 1.29 is 24.1 Å². The molecular formula is C13H19NO5. The molecule has 0 aliphatic carbocycles. The van der Waals surface area contributed by atoms with Gasteiger partial charge in [0.25, 0.3) is 0 Å². The van der Waals surface area contributed by atoms with Crippen LogP contribution < -0.4 is 4.74 Å². The number of methoxy groups -OCH3 is 1. The summed E-state index contributed by atoms with van der Waals surface area (Å²) in [6.07, 6.45) is 1.28. The van der Waals surface area contributed by atoms with Crippen molar-refractivity contribution in [2.24, 2.45) is 0 Å². The van der Waals surface area contributed by atoms with Crippen molar-refractivity contribution >= 4 is 6.29 Å². The number of aliphatic hydroxyl groups is 1. The molecule has 6 nitrogen and oxygen atoms in total. The van der Waals surface area contributed by atoms with Crippen LogP contribution in [0, 0.1) is 0 Å². The fraction of sp³-hybridized carbons (Fsp3) is 0.538. The summed E-state index contributed by atoms with van der Waals surface area (Å²) in [4.78, 5) is 14.3. The maximum Gasteiger partial charge on any atom is 0.168 e. The van der Waals surface area contributed by atoms with Gasteiger partial charge in [-0.2, -0.15) is 0 Å². The number of carbonyl (C=O) groups is 1. The summed E-state index contributed by atoms with van der Waals surface area (Å²) in [5.74, 6) is 0.495. The van der Waals surface area contributed by atoms with E-state index in [9.17, 15) is 9.90 Å². The molecular weight excluding hydrogens is 250 g/mol. The maximum absolute atomic E-state index is 10.4. The highest BCUT2D eigenvalue weighted by Crippen LogP contribution is 2.08. The molecule has 0 spiro atoms. The molecule has 2 unspecified atom stereocenters. The van der Waals surface area contributed by atoms with Crippen LogP contribution in [0.15, 0.2) is 18.3 Å². The first kappa shape index (κ1) is 15.6. The van der Waals surface area contributed by atoms with E-state index in [1.165, 1.54) is 6.20 Å². The largest absolute Gasteiger partial charge is 0.489 e. The zero-order valence-corrected chi connectivity index (χ0v) is 11.1. The monoisotopic (exact) mass is 269 g/mol. The van der Waals surface area contributed by atoms with Gasteiger partial charge in [-0.25, -0.2) is 4.98 Å². The second-order valence-corrected chi connectivity index (χ2v) is 4.10. The number of carbonyl (C=O) groups excluding carboxylic acids is 1. The van der Waals surface area contributed by atoms with Gasteiger partial charge in [-0.3, -0.25) is 4.79 Å². The quantitative estimate of drug-likeness (QED) is 0.664. The number of hydrogen-bond acceptors (Lipinski definition) is 6. The summed E-state index contributed by atoms with van der Waals surface area (Å²) in [6, 6.07) is 3.17. The molecule has 0 amide bonds. The minimum Gasteiger partial charge on any atom is -0.489 e. The summed E-state index contributed by atoms with van der Waals surface area (Å²) in [5.41, 5.74) is 0.338. The molecule has 0 aliphatic heterocycles. The van der Waals surface area contributed by atoms with Crippen molar-refractivity contribution in [3.8, 4) is 5.75 Å². The molecule has 0 fully saturated rings. The number of aldehydes is 1. The molecule has 0 radical (unpaired) electrons. The van der Waals surface area contributed by atoms with E-state index in [0.29, 0.717) is 24.3 Å². The molecule has 0 bridgehead atoms. The van der Waals surface area contributed by atoms with Crippen LogP contribution in [0.4, 0.5) is 0 Å². The summed E-state index contributed by atoms with van der Waals surface area (Å²) in [7, 11) is 1.59. The van der Waals surface area contributed by atoms with E-state index in [1.807, 2.05) is 6.92 Å². The Morgan fingerprint density at radius 1 is 1.37 bits per heavy atom. The second-order valence-electron chi connectivity index (χ2n) is 4.10. The third-order valence-corrected chi connectivity index (χ3v) is 2.30. The second kappa shape index (κ2) is 8.58. The summed E-state index contributed by atoms with van der Waals surface area (Å²) < 4.78 is 15.6. The highest BCUT2D eigenvalue weighted by Gasteiger charge is 2.09. The van der Waals surface area contributed by atoms with Crippen molar-refractivity contribution in [3.63, 3.8) is 0 Å². The Balaban J connectivity index is 2.25. The van der Waals surface area contributed by atoms with E-state index in [4.69, 9.17) is 14.2 Å². The summed E-state index contributed by atoms with van der Waals surface area (Å²) >= 11 is 0. The predicted octanol–water partition coefficient (Wildman–Crippen LogP) is 0.685. The normalized spacial score (nSPS) is 13.8. The Bertz CT molecular complexity index is 368. The van der Waals surface area contributed by atoms with Crippen molar-refractivity contribution in [1.82, 2.24) is 4.98 Å². The number of aliphatic hydroxyl groups excluding tert-OH is 1. The maximum atomic E-state index is 10.4. The molecule has 1 N–H and O–H groups in total. The van der Waals surface area contributed by atoms with E-state index in [-0.39, 0.29) is 19.3 Å². The lowest BCUT2D eigenvalue weighted by molar-refractivity contribution is -0.0423. The number of nitrogens with zero attached hydrogens (tertiary/aromatic N) is 1. The van der Waals surface area contributed by atoms with Crippen LogP contribution in [0.3, 0.4) is 0 Å².